The van der Waals surface area contributed by atoms with E-state index in [1.165, 1.54) is 5.69 Å². The van der Waals surface area contributed by atoms with Crippen molar-refractivity contribution in [3.05, 3.63) is 30.3 Å². The molecule has 2 rings (SSSR count). The predicted molar refractivity (Wildman–Crippen MR) is 78.0 cm³/mol. The Morgan fingerprint density at radius 1 is 1.39 bits per heavy atom. The summed E-state index contributed by atoms with van der Waals surface area (Å²) in [7, 11) is 4.38. The molecule has 0 amide bonds. The van der Waals surface area contributed by atoms with Crippen molar-refractivity contribution in [2.24, 2.45) is 5.73 Å². The zero-order valence-corrected chi connectivity index (χ0v) is 11.8. The standard InChI is InChI=1S/C15H25N3/c1-13-11-15(12-16,9-10-17(13)2)18(3)14-7-5-4-6-8-14/h4-8,13H,9-12,16H2,1-3H3. The fourth-order valence-corrected chi connectivity index (χ4v) is 2.97. The molecule has 1 fully saturated rings. The van der Waals surface area contributed by atoms with E-state index in [-0.39, 0.29) is 5.54 Å². The van der Waals surface area contributed by atoms with Gasteiger partial charge in [-0.1, -0.05) is 18.2 Å². The van der Waals surface area contributed by atoms with Gasteiger partial charge in [0.25, 0.3) is 0 Å². The van der Waals surface area contributed by atoms with Gasteiger partial charge in [0.2, 0.25) is 0 Å². The molecule has 0 saturated carbocycles. The number of hydrogen-bond donors (Lipinski definition) is 1. The van der Waals surface area contributed by atoms with Crippen molar-refractivity contribution in [2.45, 2.75) is 31.3 Å². The van der Waals surface area contributed by atoms with E-state index in [1.54, 1.807) is 0 Å². The zero-order valence-electron chi connectivity index (χ0n) is 11.8. The van der Waals surface area contributed by atoms with Gasteiger partial charge < -0.3 is 15.5 Å². The predicted octanol–water partition coefficient (Wildman–Crippen LogP) is 1.93. The third-order valence-corrected chi connectivity index (χ3v) is 4.59. The summed E-state index contributed by atoms with van der Waals surface area (Å²) in [5, 5.41) is 0. The molecule has 2 unspecified atom stereocenters. The quantitative estimate of drug-likeness (QED) is 0.886. The van der Waals surface area contributed by atoms with E-state index < -0.39 is 0 Å². The van der Waals surface area contributed by atoms with Crippen LogP contribution >= 0.6 is 0 Å². The number of anilines is 1. The average Bonchev–Trinajstić information content (AvgIpc) is 2.42. The van der Waals surface area contributed by atoms with Crippen molar-refractivity contribution in [1.29, 1.82) is 0 Å². The molecule has 0 aliphatic carbocycles. The van der Waals surface area contributed by atoms with Crippen LogP contribution < -0.4 is 10.6 Å². The molecule has 1 heterocycles. The molecule has 1 aromatic rings. The lowest BCUT2D eigenvalue weighted by Crippen LogP contribution is -2.60. The number of piperidine rings is 1. The van der Waals surface area contributed by atoms with Crippen LogP contribution in [0.1, 0.15) is 19.8 Å². The maximum absolute atomic E-state index is 6.12. The number of hydrogen-bond acceptors (Lipinski definition) is 3. The molecule has 2 N–H and O–H groups in total. The highest BCUT2D eigenvalue weighted by atomic mass is 15.2. The molecule has 100 valence electrons. The van der Waals surface area contributed by atoms with Crippen molar-refractivity contribution in [1.82, 2.24) is 4.90 Å². The van der Waals surface area contributed by atoms with Crippen molar-refractivity contribution in [3.63, 3.8) is 0 Å². The summed E-state index contributed by atoms with van der Waals surface area (Å²) in [5.41, 5.74) is 7.49. The highest BCUT2D eigenvalue weighted by molar-refractivity contribution is 5.48. The number of likely N-dealkylation sites (tertiary alicyclic amines) is 1. The van der Waals surface area contributed by atoms with Crippen LogP contribution in [0.2, 0.25) is 0 Å². The second-order valence-electron chi connectivity index (χ2n) is 5.61. The number of likely N-dealkylation sites (N-methyl/N-ethyl adjacent to an activating group) is 1. The minimum Gasteiger partial charge on any atom is -0.368 e. The van der Waals surface area contributed by atoms with Gasteiger partial charge in [0.05, 0.1) is 5.54 Å². The Kier molecular flexibility index (Phi) is 3.93. The van der Waals surface area contributed by atoms with Crippen LogP contribution in [0.4, 0.5) is 5.69 Å². The molecule has 1 aliphatic heterocycles. The number of para-hydroxylation sites is 1. The first-order chi connectivity index (χ1) is 8.59. The number of benzene rings is 1. The van der Waals surface area contributed by atoms with Gasteiger partial charge in [-0.25, -0.2) is 0 Å². The Hall–Kier alpha value is -1.06. The van der Waals surface area contributed by atoms with Gasteiger partial charge in [-0.2, -0.15) is 0 Å². The van der Waals surface area contributed by atoms with Gasteiger partial charge in [0.1, 0.15) is 0 Å². The largest absolute Gasteiger partial charge is 0.368 e. The maximum Gasteiger partial charge on any atom is 0.0547 e. The van der Waals surface area contributed by atoms with Crippen LogP contribution in [0.5, 0.6) is 0 Å². The van der Waals surface area contributed by atoms with E-state index >= 15 is 0 Å². The lowest BCUT2D eigenvalue weighted by Gasteiger charge is -2.50. The minimum atomic E-state index is 0.104. The van der Waals surface area contributed by atoms with Crippen LogP contribution in [-0.4, -0.2) is 43.7 Å². The van der Waals surface area contributed by atoms with E-state index in [1.807, 2.05) is 0 Å². The van der Waals surface area contributed by atoms with Crippen molar-refractivity contribution >= 4 is 5.69 Å². The van der Waals surface area contributed by atoms with Crippen LogP contribution in [0.25, 0.3) is 0 Å². The molecule has 1 aromatic carbocycles. The van der Waals surface area contributed by atoms with Crippen LogP contribution in [0.3, 0.4) is 0 Å². The second-order valence-corrected chi connectivity index (χ2v) is 5.61. The average molecular weight is 247 g/mol. The fourth-order valence-electron chi connectivity index (χ4n) is 2.97. The third kappa shape index (κ3) is 2.38. The van der Waals surface area contributed by atoms with Gasteiger partial charge in [0, 0.05) is 31.9 Å². The molecule has 0 radical (unpaired) electrons. The normalized spacial score (nSPS) is 29.2. The van der Waals surface area contributed by atoms with Crippen LogP contribution in [0.15, 0.2) is 30.3 Å². The highest BCUT2D eigenvalue weighted by Gasteiger charge is 2.39. The summed E-state index contributed by atoms with van der Waals surface area (Å²) in [5.74, 6) is 0. The summed E-state index contributed by atoms with van der Waals surface area (Å²) in [4.78, 5) is 4.81. The zero-order chi connectivity index (χ0) is 13.2. The minimum absolute atomic E-state index is 0.104. The molecule has 0 spiro atoms. The van der Waals surface area contributed by atoms with E-state index in [4.69, 9.17) is 5.73 Å². The van der Waals surface area contributed by atoms with Crippen LogP contribution in [0, 0.1) is 0 Å². The number of rotatable bonds is 3. The molecule has 18 heavy (non-hydrogen) atoms. The molecular weight excluding hydrogens is 222 g/mol. The number of nitrogens with two attached hydrogens (primary N) is 1. The summed E-state index contributed by atoms with van der Waals surface area (Å²) in [6, 6.07) is 11.2. The first-order valence-corrected chi connectivity index (χ1v) is 6.78. The van der Waals surface area contributed by atoms with Crippen molar-refractivity contribution in [2.75, 3.05) is 32.1 Å². The Morgan fingerprint density at radius 2 is 2.06 bits per heavy atom. The van der Waals surface area contributed by atoms with Gasteiger partial charge >= 0.3 is 0 Å². The number of nitrogens with zero attached hydrogens (tertiary/aromatic N) is 2. The molecule has 3 heteroatoms. The van der Waals surface area contributed by atoms with Gasteiger partial charge in [0.15, 0.2) is 0 Å². The Morgan fingerprint density at radius 3 is 2.61 bits per heavy atom. The monoisotopic (exact) mass is 247 g/mol. The van der Waals surface area contributed by atoms with E-state index in [0.29, 0.717) is 6.04 Å². The van der Waals surface area contributed by atoms with Gasteiger partial charge in [-0.3, -0.25) is 0 Å². The Labute approximate surface area is 111 Å². The SMILES string of the molecule is CC1CC(CN)(N(C)c2ccccc2)CCN1C. The summed E-state index contributed by atoms with van der Waals surface area (Å²) >= 11 is 0. The molecule has 0 bridgehead atoms. The highest BCUT2D eigenvalue weighted by Crippen LogP contribution is 2.33. The Balaban J connectivity index is 2.22. The van der Waals surface area contributed by atoms with Gasteiger partial charge in [-0.15, -0.1) is 0 Å². The molecule has 1 aliphatic rings. The lowest BCUT2D eigenvalue weighted by molar-refractivity contribution is 0.132. The molecule has 0 aromatic heterocycles. The van der Waals surface area contributed by atoms with E-state index in [9.17, 15) is 0 Å². The maximum atomic E-state index is 6.12. The van der Waals surface area contributed by atoms with Crippen molar-refractivity contribution in [3.8, 4) is 0 Å². The van der Waals surface area contributed by atoms with E-state index in [2.05, 4.69) is 61.2 Å². The first-order valence-electron chi connectivity index (χ1n) is 6.78. The summed E-state index contributed by atoms with van der Waals surface area (Å²) in [6.07, 6.45) is 2.27. The van der Waals surface area contributed by atoms with Crippen LogP contribution in [-0.2, 0) is 0 Å². The summed E-state index contributed by atoms with van der Waals surface area (Å²) < 4.78 is 0. The lowest BCUT2D eigenvalue weighted by atomic mass is 9.82. The third-order valence-electron chi connectivity index (χ3n) is 4.59. The molecule has 3 nitrogen and oxygen atoms in total. The Bertz CT molecular complexity index is 379. The molecule has 1 saturated heterocycles. The molecule has 2 atom stereocenters. The first kappa shape index (κ1) is 13.4. The fraction of sp³-hybridized carbons (Fsp3) is 0.600. The summed E-state index contributed by atoms with van der Waals surface area (Å²) in [6.45, 7) is 4.13. The van der Waals surface area contributed by atoms with E-state index in [0.717, 1.165) is 25.9 Å². The second kappa shape index (κ2) is 5.29. The smallest absolute Gasteiger partial charge is 0.0547 e. The molecular formula is C15H25N3. The van der Waals surface area contributed by atoms with Gasteiger partial charge in [-0.05, 0) is 38.9 Å². The topological polar surface area (TPSA) is 32.5 Å². The van der Waals surface area contributed by atoms with Crippen molar-refractivity contribution < 1.29 is 0 Å².